The molecule has 0 spiro atoms. The smallest absolute Gasteiger partial charge is 0.294 e. The summed E-state index contributed by atoms with van der Waals surface area (Å²) in [7, 11) is 0. The largest absolute Gasteiger partial charge is 0.326 e. The van der Waals surface area contributed by atoms with Gasteiger partial charge in [0.1, 0.15) is 6.54 Å². The van der Waals surface area contributed by atoms with Crippen LogP contribution in [0.2, 0.25) is 0 Å². The minimum atomic E-state index is -0.507. The average molecular weight is 423 g/mol. The minimum Gasteiger partial charge on any atom is -0.326 e. The number of imide groups is 1. The van der Waals surface area contributed by atoms with Gasteiger partial charge >= 0.3 is 0 Å². The zero-order valence-electron chi connectivity index (χ0n) is 16.8. The van der Waals surface area contributed by atoms with E-state index < -0.39 is 17.1 Å². The van der Waals surface area contributed by atoms with Crippen LogP contribution in [0, 0.1) is 13.8 Å². The molecule has 0 aromatic heterocycles. The molecule has 30 heavy (non-hydrogen) atoms. The minimum absolute atomic E-state index is 0.178. The molecule has 0 unspecified atom stereocenters. The third-order valence-electron chi connectivity index (χ3n) is 4.37. The van der Waals surface area contributed by atoms with Crippen molar-refractivity contribution < 1.29 is 19.2 Å². The Bertz CT molecular complexity index is 1060. The quantitative estimate of drug-likeness (QED) is 0.711. The molecule has 8 heteroatoms. The van der Waals surface area contributed by atoms with E-state index in [2.05, 4.69) is 10.6 Å². The first-order valence-corrected chi connectivity index (χ1v) is 10.0. The summed E-state index contributed by atoms with van der Waals surface area (Å²) in [5.41, 5.74) is 3.88. The molecule has 0 radical (unpaired) electrons. The highest BCUT2D eigenvalue weighted by molar-refractivity contribution is 8.18. The summed E-state index contributed by atoms with van der Waals surface area (Å²) in [5.74, 6) is -1.12. The molecule has 2 N–H and O–H groups in total. The van der Waals surface area contributed by atoms with Crippen molar-refractivity contribution in [1.29, 1.82) is 0 Å². The highest BCUT2D eigenvalue weighted by Gasteiger charge is 2.36. The molecule has 3 rings (SSSR count). The van der Waals surface area contributed by atoms with E-state index in [0.717, 1.165) is 27.8 Å². The molecule has 1 heterocycles. The number of hydrogen-bond donors (Lipinski definition) is 2. The van der Waals surface area contributed by atoms with E-state index in [1.54, 1.807) is 30.3 Å². The van der Waals surface area contributed by atoms with Crippen molar-refractivity contribution in [1.82, 2.24) is 4.90 Å². The molecule has 0 atom stereocenters. The number of rotatable bonds is 5. The van der Waals surface area contributed by atoms with Crippen molar-refractivity contribution in [2.24, 2.45) is 0 Å². The maximum absolute atomic E-state index is 12.6. The molecular formula is C22H21N3O4S. The molecule has 0 aliphatic carbocycles. The molecule has 2 aromatic carbocycles. The third kappa shape index (κ3) is 5.15. The summed E-state index contributed by atoms with van der Waals surface area (Å²) >= 11 is 0.794. The maximum atomic E-state index is 12.6. The first kappa shape index (κ1) is 21.3. The lowest BCUT2D eigenvalue weighted by molar-refractivity contribution is -0.127. The van der Waals surface area contributed by atoms with Crippen molar-refractivity contribution in [2.45, 2.75) is 20.8 Å². The van der Waals surface area contributed by atoms with Crippen LogP contribution < -0.4 is 10.6 Å². The van der Waals surface area contributed by atoms with E-state index >= 15 is 0 Å². The predicted octanol–water partition coefficient (Wildman–Crippen LogP) is 3.94. The molecule has 0 bridgehead atoms. The van der Waals surface area contributed by atoms with E-state index in [4.69, 9.17) is 0 Å². The van der Waals surface area contributed by atoms with Crippen LogP contribution in [-0.2, 0) is 14.4 Å². The number of thioether (sulfide) groups is 1. The van der Waals surface area contributed by atoms with E-state index in [-0.39, 0.29) is 17.4 Å². The van der Waals surface area contributed by atoms with Gasteiger partial charge in [0.05, 0.1) is 4.91 Å². The Labute approximate surface area is 178 Å². The van der Waals surface area contributed by atoms with E-state index in [1.165, 1.54) is 6.92 Å². The Balaban J connectivity index is 1.68. The lowest BCUT2D eigenvalue weighted by Crippen LogP contribution is -2.36. The molecule has 154 valence electrons. The second-order valence-corrected chi connectivity index (χ2v) is 7.93. The first-order chi connectivity index (χ1) is 14.2. The highest BCUT2D eigenvalue weighted by atomic mass is 32.2. The monoisotopic (exact) mass is 423 g/mol. The van der Waals surface area contributed by atoms with Crippen LogP contribution >= 0.6 is 11.8 Å². The Hall–Kier alpha value is -3.39. The number of carbonyl (C=O) groups is 4. The standard InChI is InChI=1S/C22H21N3O4S/c1-13-4-5-14(2)18(10-13)24-20(27)12-25-21(28)19(30-22(25)29)11-16-6-8-17(9-7-16)23-15(3)26/h4-11H,12H2,1-3H3,(H,23,26)(H,24,27)/b19-11-. The number of amides is 4. The topological polar surface area (TPSA) is 95.6 Å². The Morgan fingerprint density at radius 1 is 1.03 bits per heavy atom. The molecule has 1 aliphatic rings. The highest BCUT2D eigenvalue weighted by Crippen LogP contribution is 2.32. The van der Waals surface area contributed by atoms with Gasteiger partial charge in [0.25, 0.3) is 11.1 Å². The van der Waals surface area contributed by atoms with Gasteiger partial charge in [-0.2, -0.15) is 0 Å². The third-order valence-corrected chi connectivity index (χ3v) is 5.28. The molecule has 7 nitrogen and oxygen atoms in total. The van der Waals surface area contributed by atoms with E-state index in [9.17, 15) is 19.2 Å². The van der Waals surface area contributed by atoms with Gasteiger partial charge in [0.2, 0.25) is 11.8 Å². The summed E-state index contributed by atoms with van der Waals surface area (Å²) in [4.78, 5) is 49.5. The van der Waals surface area contributed by atoms with Gasteiger partial charge in [0, 0.05) is 18.3 Å². The molecule has 0 saturated carbocycles. The average Bonchev–Trinajstić information content (AvgIpc) is 2.93. The van der Waals surface area contributed by atoms with Gasteiger partial charge < -0.3 is 10.6 Å². The van der Waals surface area contributed by atoms with Crippen molar-refractivity contribution in [3.63, 3.8) is 0 Å². The van der Waals surface area contributed by atoms with Gasteiger partial charge in [-0.1, -0.05) is 24.3 Å². The van der Waals surface area contributed by atoms with Gasteiger partial charge in [0.15, 0.2) is 0 Å². The van der Waals surface area contributed by atoms with Gasteiger partial charge in [-0.15, -0.1) is 0 Å². The summed E-state index contributed by atoms with van der Waals surface area (Å²) in [6.07, 6.45) is 1.59. The zero-order chi connectivity index (χ0) is 21.8. The van der Waals surface area contributed by atoms with Crippen molar-refractivity contribution >= 4 is 52.2 Å². The number of nitrogens with zero attached hydrogens (tertiary/aromatic N) is 1. The Morgan fingerprint density at radius 3 is 2.40 bits per heavy atom. The number of nitrogens with one attached hydrogen (secondary N) is 2. The lowest BCUT2D eigenvalue weighted by Gasteiger charge is -2.14. The van der Waals surface area contributed by atoms with Crippen molar-refractivity contribution in [2.75, 3.05) is 17.2 Å². The van der Waals surface area contributed by atoms with Gasteiger partial charge in [-0.25, -0.2) is 0 Å². The molecular weight excluding hydrogens is 402 g/mol. The molecule has 1 aliphatic heterocycles. The summed E-state index contributed by atoms with van der Waals surface area (Å²) in [6, 6.07) is 12.5. The number of anilines is 2. The van der Waals surface area contributed by atoms with Gasteiger partial charge in [-0.3, -0.25) is 24.1 Å². The van der Waals surface area contributed by atoms with Crippen LogP contribution in [0.15, 0.2) is 47.4 Å². The fourth-order valence-corrected chi connectivity index (χ4v) is 3.70. The van der Waals surface area contributed by atoms with Crippen molar-refractivity contribution in [3.8, 4) is 0 Å². The Morgan fingerprint density at radius 2 is 1.73 bits per heavy atom. The fraction of sp³-hybridized carbons (Fsp3) is 0.182. The van der Waals surface area contributed by atoms with Crippen LogP contribution in [0.25, 0.3) is 6.08 Å². The van der Waals surface area contributed by atoms with Crippen LogP contribution in [0.4, 0.5) is 16.2 Å². The molecule has 4 amide bonds. The number of benzene rings is 2. The second-order valence-electron chi connectivity index (χ2n) is 6.94. The zero-order valence-corrected chi connectivity index (χ0v) is 17.6. The maximum Gasteiger partial charge on any atom is 0.294 e. The lowest BCUT2D eigenvalue weighted by atomic mass is 10.1. The summed E-state index contributed by atoms with van der Waals surface area (Å²) in [6.45, 7) is 4.85. The summed E-state index contributed by atoms with van der Waals surface area (Å²) in [5, 5.41) is 4.93. The van der Waals surface area contributed by atoms with Crippen LogP contribution in [0.3, 0.4) is 0 Å². The van der Waals surface area contributed by atoms with Crippen LogP contribution in [0.5, 0.6) is 0 Å². The van der Waals surface area contributed by atoms with Crippen LogP contribution in [-0.4, -0.2) is 34.4 Å². The molecule has 1 saturated heterocycles. The van der Waals surface area contributed by atoms with E-state index in [1.807, 2.05) is 32.0 Å². The Kier molecular flexibility index (Phi) is 6.37. The van der Waals surface area contributed by atoms with Crippen LogP contribution in [0.1, 0.15) is 23.6 Å². The number of hydrogen-bond acceptors (Lipinski definition) is 5. The van der Waals surface area contributed by atoms with Gasteiger partial charge in [-0.05, 0) is 66.6 Å². The fourth-order valence-electron chi connectivity index (χ4n) is 2.86. The molecule has 1 fully saturated rings. The second kappa shape index (κ2) is 8.96. The number of carbonyl (C=O) groups excluding carboxylic acids is 4. The first-order valence-electron chi connectivity index (χ1n) is 9.23. The van der Waals surface area contributed by atoms with Crippen molar-refractivity contribution in [3.05, 3.63) is 64.1 Å². The predicted molar refractivity (Wildman–Crippen MR) is 118 cm³/mol. The SMILES string of the molecule is CC(=O)Nc1ccc(/C=C2\SC(=O)N(CC(=O)Nc3cc(C)ccc3C)C2=O)cc1. The normalized spacial score (nSPS) is 14.9. The summed E-state index contributed by atoms with van der Waals surface area (Å²) < 4.78 is 0. The van der Waals surface area contributed by atoms with E-state index in [0.29, 0.717) is 16.9 Å². The molecule has 2 aromatic rings. The number of aryl methyl sites for hydroxylation is 2.